The first-order valence-corrected chi connectivity index (χ1v) is 40.4. The molecule has 0 aliphatic heterocycles. The van der Waals surface area contributed by atoms with Crippen LogP contribution in [0.25, 0.3) is 32.7 Å². The van der Waals surface area contributed by atoms with Gasteiger partial charge in [0.25, 0.3) is 16.6 Å². The summed E-state index contributed by atoms with van der Waals surface area (Å²) in [5.41, 5.74) is 9.29. The van der Waals surface area contributed by atoms with Crippen molar-refractivity contribution in [3.63, 3.8) is 0 Å². The number of aryl methyl sites for hydroxylation is 3. The van der Waals surface area contributed by atoms with Crippen molar-refractivity contribution in [1.82, 2.24) is 15.0 Å². The lowest BCUT2D eigenvalue weighted by Gasteiger charge is -2.37. The first kappa shape index (κ1) is 72.2. The highest BCUT2D eigenvalue weighted by Gasteiger charge is 2.41. The molecule has 9 nitrogen and oxygen atoms in total. The van der Waals surface area contributed by atoms with Crippen molar-refractivity contribution in [1.29, 1.82) is 0 Å². The molecule has 0 atom stereocenters. The first-order valence-electron chi connectivity index (χ1n) is 34.6. The van der Waals surface area contributed by atoms with Gasteiger partial charge in [-0.15, -0.1) is 0 Å². The molecule has 0 aliphatic rings. The van der Waals surface area contributed by atoms with E-state index in [1.54, 1.807) is 0 Å². The largest absolute Gasteiger partial charge is 0.540 e. The number of hydrogen-bond acceptors (Lipinski definition) is 8. The Labute approximate surface area is 554 Å². The van der Waals surface area contributed by atoms with Gasteiger partial charge in [-0.2, -0.15) is 0 Å². The maximum absolute atomic E-state index is 13.2. The van der Waals surface area contributed by atoms with Crippen molar-refractivity contribution in [2.75, 3.05) is 0 Å². The van der Waals surface area contributed by atoms with Gasteiger partial charge in [-0.25, -0.2) is 9.97 Å². The van der Waals surface area contributed by atoms with E-state index in [1.807, 2.05) is 78.9 Å². The summed E-state index contributed by atoms with van der Waals surface area (Å²) in [5.74, 6) is 3.85. The van der Waals surface area contributed by atoms with Gasteiger partial charge in [0.05, 0.1) is 28.1 Å². The van der Waals surface area contributed by atoms with Crippen molar-refractivity contribution >= 4 is 49.3 Å². The molecule has 3 heterocycles. The smallest absolute Gasteiger partial charge is 0.250 e. The van der Waals surface area contributed by atoms with Crippen LogP contribution in [0.1, 0.15) is 192 Å². The van der Waals surface area contributed by atoms with Crippen LogP contribution in [0.15, 0.2) is 169 Å². The van der Waals surface area contributed by atoms with Crippen LogP contribution in [0.2, 0.25) is 36.3 Å². The number of fused-ring (bicyclic) bond motifs is 3. The van der Waals surface area contributed by atoms with Crippen molar-refractivity contribution in [3.8, 4) is 28.7 Å². The summed E-state index contributed by atoms with van der Waals surface area (Å²) in [4.78, 5) is 26.8. The molecule has 0 saturated heterocycles. The molecule has 0 saturated carbocycles. The highest BCUT2D eigenvalue weighted by atomic mass is 28.4. The molecule has 0 unspecified atom stereocenters. The first-order chi connectivity index (χ1) is 44.2. The minimum Gasteiger partial charge on any atom is -0.540 e. The molecule has 0 radical (unpaired) electrons. The fourth-order valence-corrected chi connectivity index (χ4v) is 12.6. The number of nitrogens with zero attached hydrogens (tertiary/aromatic N) is 2. The van der Waals surface area contributed by atoms with Crippen molar-refractivity contribution in [2.24, 2.45) is 0 Å². The molecule has 492 valence electrons. The quantitative estimate of drug-likeness (QED) is 0.0338. The second-order valence-electron chi connectivity index (χ2n) is 27.8. The predicted molar refractivity (Wildman–Crippen MR) is 393 cm³/mol. The number of H-pyrrole nitrogens is 1. The Morgan fingerprint density at radius 2 is 0.707 bits per heavy atom. The molecule has 3 aromatic heterocycles. The number of hydrogen-bond donors (Lipinski definition) is 1. The van der Waals surface area contributed by atoms with Crippen molar-refractivity contribution < 1.29 is 23.1 Å². The van der Waals surface area contributed by atoms with Gasteiger partial charge < -0.3 is 28.0 Å². The van der Waals surface area contributed by atoms with Crippen LogP contribution in [0.4, 0.5) is 0 Å². The maximum atomic E-state index is 13.2. The Bertz CT molecular complexity index is 3710. The topological polar surface area (TPSA) is 105 Å². The third-order valence-corrected chi connectivity index (χ3v) is 26.9. The van der Waals surface area contributed by atoms with E-state index < -0.39 is 16.6 Å². The fourth-order valence-electron chi connectivity index (χ4n) is 10.6. The summed E-state index contributed by atoms with van der Waals surface area (Å²) in [6, 6.07) is 55.2. The van der Waals surface area contributed by atoms with Gasteiger partial charge in [0.1, 0.15) is 19.8 Å². The van der Waals surface area contributed by atoms with E-state index in [-0.39, 0.29) is 15.5 Å². The van der Waals surface area contributed by atoms with Gasteiger partial charge in [0.15, 0.2) is 28.7 Å². The van der Waals surface area contributed by atoms with Crippen LogP contribution in [0.3, 0.4) is 0 Å². The highest BCUT2D eigenvalue weighted by Crippen LogP contribution is 2.45. The Kier molecular flexibility index (Phi) is 28.0. The lowest BCUT2D eigenvalue weighted by molar-refractivity contribution is 0.255. The van der Waals surface area contributed by atoms with Gasteiger partial charge in [-0.1, -0.05) is 267 Å². The lowest BCUT2D eigenvalue weighted by Crippen LogP contribution is -2.45. The molecule has 11 heteroatoms. The third-order valence-electron chi connectivity index (χ3n) is 18.3. The van der Waals surface area contributed by atoms with Crippen LogP contribution >= 0.6 is 0 Å². The predicted octanol–water partition coefficient (Wildman–Crippen LogP) is 23.0. The second-order valence-corrected chi connectivity index (χ2v) is 37.3. The number of rotatable bonds is 31. The summed E-state index contributed by atoms with van der Waals surface area (Å²) in [6.07, 6.45) is 21.0. The fraction of sp³-hybridized carbons (Fsp3) is 0.444. The second kappa shape index (κ2) is 35.7. The van der Waals surface area contributed by atoms with E-state index in [9.17, 15) is 4.79 Å². The number of pyridine rings is 3. The Morgan fingerprint density at radius 1 is 0.370 bits per heavy atom. The average molecular weight is 1280 g/mol. The highest BCUT2D eigenvalue weighted by molar-refractivity contribution is 6.75. The zero-order valence-electron chi connectivity index (χ0n) is 58.3. The number of ether oxygens (including phenoxy) is 3. The number of aromatic amines is 1. The average Bonchev–Trinajstić information content (AvgIpc) is 0.793. The van der Waals surface area contributed by atoms with Crippen LogP contribution in [0, 0.1) is 0 Å². The van der Waals surface area contributed by atoms with Crippen molar-refractivity contribution in [2.45, 2.75) is 234 Å². The lowest BCUT2D eigenvalue weighted by atomic mass is 10.1. The third kappa shape index (κ3) is 21.2. The molecule has 0 spiro atoms. The minimum absolute atomic E-state index is 0.0349. The minimum atomic E-state index is -2.08. The summed E-state index contributed by atoms with van der Waals surface area (Å²) < 4.78 is 32.9. The normalized spacial score (nSPS) is 11.8. The zero-order valence-corrected chi connectivity index (χ0v) is 60.3. The van der Waals surface area contributed by atoms with Crippen molar-refractivity contribution in [3.05, 3.63) is 208 Å². The molecule has 0 fully saturated rings. The van der Waals surface area contributed by atoms with E-state index in [4.69, 9.17) is 33.0 Å². The van der Waals surface area contributed by atoms with Crippen LogP contribution in [-0.2, 0) is 39.1 Å². The number of aromatic nitrogens is 3. The molecule has 0 amide bonds. The van der Waals surface area contributed by atoms with Gasteiger partial charge in [0, 0.05) is 21.7 Å². The zero-order chi connectivity index (χ0) is 66.0. The molecule has 0 bridgehead atoms. The Balaban J connectivity index is 0.000000198. The number of para-hydroxylation sites is 3. The molecule has 92 heavy (non-hydrogen) atoms. The van der Waals surface area contributed by atoms with Crippen LogP contribution in [-0.4, -0.2) is 31.6 Å². The standard InChI is InChI=1S/C30H33NO2.C29H41NO2Si.C22H35NO2Si/c1-2-3-4-5-12-21-28-30(33-23-25-17-10-7-11-18-25)29(26-19-13-14-20-27(26)31-28)32-22-24-15-8-6-9-16-24;1-7-8-9-10-14-21-26-28(32-33(5,6)29(2,3)4)27(24-19-15-16-20-25(24)30-26)31-22-23-17-12-11-13-18-23;1-7-8-9-10-11-16-19-21(25-26(5,6)22(2,3)4)20(24)17-14-12-13-15-18(17)23-19/h6-11,13-20H,2-5,12,21-23H2,1H3;11-13,15-20H,7-10,14,21-22H2,1-6H3;12-15H,7-11,16H2,1-6H3,(H,23,24). The number of nitrogens with one attached hydrogen (secondary N) is 1. The summed E-state index contributed by atoms with van der Waals surface area (Å²) >= 11 is 0. The summed E-state index contributed by atoms with van der Waals surface area (Å²) in [5, 5.41) is 2.89. The van der Waals surface area contributed by atoms with Gasteiger partial charge in [0.2, 0.25) is 5.43 Å². The SMILES string of the molecule is CCCCCCCc1[nH]c2ccccc2c(=O)c1O[Si](C)(C)C(C)(C)C.CCCCCCCc1nc2ccccc2c(OCc2ccccc2)c1OCc1ccccc1.CCCCCCCc1nc2ccccc2c(OCc2ccccc2)c1O[Si](C)(C)C(C)(C)C. The van der Waals surface area contributed by atoms with Gasteiger partial charge in [-0.3, -0.25) is 4.79 Å². The molecule has 1 N–H and O–H groups in total. The number of benzene rings is 6. The molecule has 6 aromatic carbocycles. The van der Waals surface area contributed by atoms with E-state index in [0.29, 0.717) is 25.6 Å². The Hall–Kier alpha value is -7.22. The van der Waals surface area contributed by atoms with E-state index in [0.717, 1.165) is 128 Å². The molecule has 9 rings (SSSR count). The number of unbranched alkanes of at least 4 members (excludes halogenated alkanes) is 12. The van der Waals surface area contributed by atoms with Gasteiger partial charge in [-0.05, 0) is 128 Å². The Morgan fingerprint density at radius 3 is 1.13 bits per heavy atom. The summed E-state index contributed by atoms with van der Waals surface area (Å²) in [7, 11) is -4.16. The molecular weight excluding hydrogens is 1170 g/mol. The molecular formula is C81H109N3O6Si2. The van der Waals surface area contributed by atoms with Crippen LogP contribution < -0.4 is 28.5 Å². The maximum Gasteiger partial charge on any atom is 0.250 e. The molecule has 9 aromatic rings. The van der Waals surface area contributed by atoms with Crippen LogP contribution in [0.5, 0.6) is 28.7 Å². The van der Waals surface area contributed by atoms with E-state index >= 15 is 0 Å². The van der Waals surface area contributed by atoms with E-state index in [1.165, 1.54) is 77.0 Å². The van der Waals surface area contributed by atoms with Gasteiger partial charge >= 0.3 is 0 Å². The molecule has 0 aliphatic carbocycles. The van der Waals surface area contributed by atoms with E-state index in [2.05, 4.69) is 178 Å². The summed E-state index contributed by atoms with van der Waals surface area (Å²) in [6.45, 7) is 30.7. The monoisotopic (exact) mass is 1280 g/mol.